The lowest BCUT2D eigenvalue weighted by Gasteiger charge is -2.08. The van der Waals surface area contributed by atoms with Crippen molar-refractivity contribution in [1.29, 1.82) is 0 Å². The van der Waals surface area contributed by atoms with Gasteiger partial charge in [0.05, 0.1) is 0 Å². The number of halogens is 2. The van der Waals surface area contributed by atoms with Crippen molar-refractivity contribution in [3.8, 4) is 0 Å². The van der Waals surface area contributed by atoms with E-state index in [1.807, 2.05) is 0 Å². The minimum absolute atomic E-state index is 0.222. The normalized spacial score (nSPS) is 10.0. The molecule has 0 bridgehead atoms. The van der Waals surface area contributed by atoms with Crippen LogP contribution in [-0.4, -0.2) is 11.8 Å². The lowest BCUT2D eigenvalue weighted by atomic mass is 10.1. The number of benzene rings is 2. The molecule has 0 saturated heterocycles. The fraction of sp³-hybridized carbons (Fsp3) is 0.0667. The number of nitrogens with one attached hydrogen (secondary N) is 2. The molecule has 4 nitrogen and oxygen atoms in total. The fourth-order valence-corrected chi connectivity index (χ4v) is 1.75. The Hall–Kier alpha value is -2.76. The van der Waals surface area contributed by atoms with Crippen molar-refractivity contribution >= 4 is 23.2 Å². The zero-order valence-electron chi connectivity index (χ0n) is 11.1. The van der Waals surface area contributed by atoms with Gasteiger partial charge in [-0.15, -0.1) is 0 Å². The first-order valence-corrected chi connectivity index (χ1v) is 6.10. The Balaban J connectivity index is 2.14. The minimum atomic E-state index is -0.928. The first kappa shape index (κ1) is 14.6. The summed E-state index contributed by atoms with van der Waals surface area (Å²) in [5.41, 5.74) is 0.276. The molecule has 0 spiro atoms. The Morgan fingerprint density at radius 2 is 1.33 bits per heavy atom. The molecular formula is C15H12F2N2O2. The van der Waals surface area contributed by atoms with Gasteiger partial charge in [0.1, 0.15) is 17.2 Å². The summed E-state index contributed by atoms with van der Waals surface area (Å²) in [6, 6.07) is 9.37. The number of anilines is 2. The number of hydrogen-bond acceptors (Lipinski definition) is 2. The van der Waals surface area contributed by atoms with Gasteiger partial charge in [0.2, 0.25) is 5.91 Å². The quantitative estimate of drug-likeness (QED) is 0.912. The van der Waals surface area contributed by atoms with E-state index in [1.54, 1.807) is 12.1 Å². The van der Waals surface area contributed by atoms with E-state index in [0.717, 1.165) is 12.1 Å². The van der Waals surface area contributed by atoms with E-state index in [1.165, 1.54) is 25.1 Å². The summed E-state index contributed by atoms with van der Waals surface area (Å²) in [6.07, 6.45) is 0. The Morgan fingerprint density at radius 3 is 1.81 bits per heavy atom. The van der Waals surface area contributed by atoms with Crippen LogP contribution in [0.2, 0.25) is 0 Å². The predicted molar refractivity (Wildman–Crippen MR) is 75.1 cm³/mol. The third-order valence-corrected chi connectivity index (χ3v) is 2.65. The molecule has 0 heterocycles. The van der Waals surface area contributed by atoms with E-state index in [-0.39, 0.29) is 5.91 Å². The van der Waals surface area contributed by atoms with Gasteiger partial charge in [-0.25, -0.2) is 8.78 Å². The van der Waals surface area contributed by atoms with Crippen LogP contribution in [-0.2, 0) is 4.79 Å². The van der Waals surface area contributed by atoms with Gasteiger partial charge in [-0.1, -0.05) is 6.07 Å². The molecule has 2 N–H and O–H groups in total. The molecule has 0 aliphatic carbocycles. The van der Waals surface area contributed by atoms with E-state index < -0.39 is 23.1 Å². The van der Waals surface area contributed by atoms with Gasteiger partial charge in [0.15, 0.2) is 0 Å². The van der Waals surface area contributed by atoms with Gasteiger partial charge in [0, 0.05) is 18.3 Å². The summed E-state index contributed by atoms with van der Waals surface area (Å²) in [6.45, 7) is 1.37. The maximum absolute atomic E-state index is 13.5. The first-order chi connectivity index (χ1) is 9.97. The third-order valence-electron chi connectivity index (χ3n) is 2.65. The maximum atomic E-state index is 13.5. The van der Waals surface area contributed by atoms with Crippen molar-refractivity contribution in [2.75, 3.05) is 10.6 Å². The van der Waals surface area contributed by atoms with E-state index in [0.29, 0.717) is 11.4 Å². The summed E-state index contributed by atoms with van der Waals surface area (Å²) in [5, 5.41) is 4.95. The van der Waals surface area contributed by atoms with Gasteiger partial charge in [0.25, 0.3) is 5.91 Å². The van der Waals surface area contributed by atoms with Crippen molar-refractivity contribution in [2.45, 2.75) is 6.92 Å². The van der Waals surface area contributed by atoms with Crippen LogP contribution in [0.4, 0.5) is 20.2 Å². The zero-order valence-corrected chi connectivity index (χ0v) is 11.1. The van der Waals surface area contributed by atoms with Gasteiger partial charge in [-0.05, 0) is 36.4 Å². The summed E-state index contributed by atoms with van der Waals surface area (Å²) in [7, 11) is 0. The lowest BCUT2D eigenvalue weighted by molar-refractivity contribution is -0.114. The molecule has 2 aromatic rings. The van der Waals surface area contributed by atoms with Crippen LogP contribution in [0.15, 0.2) is 42.5 Å². The van der Waals surface area contributed by atoms with Gasteiger partial charge >= 0.3 is 0 Å². The highest BCUT2D eigenvalue weighted by Crippen LogP contribution is 2.17. The topological polar surface area (TPSA) is 58.2 Å². The number of rotatable bonds is 3. The molecule has 6 heteroatoms. The second kappa shape index (κ2) is 6.13. The van der Waals surface area contributed by atoms with Crippen LogP contribution in [0.5, 0.6) is 0 Å². The third kappa shape index (κ3) is 3.62. The summed E-state index contributed by atoms with van der Waals surface area (Å²) < 4.78 is 26.9. The highest BCUT2D eigenvalue weighted by atomic mass is 19.1. The van der Waals surface area contributed by atoms with Crippen molar-refractivity contribution in [3.63, 3.8) is 0 Å². The molecule has 0 fully saturated rings. The monoisotopic (exact) mass is 290 g/mol. The largest absolute Gasteiger partial charge is 0.326 e. The molecule has 2 amide bonds. The molecule has 21 heavy (non-hydrogen) atoms. The molecule has 108 valence electrons. The number of carbonyl (C=O) groups excluding carboxylic acids is 2. The summed E-state index contributed by atoms with van der Waals surface area (Å²) in [4.78, 5) is 22.7. The van der Waals surface area contributed by atoms with E-state index in [2.05, 4.69) is 10.6 Å². The van der Waals surface area contributed by atoms with Crippen LogP contribution in [0.1, 0.15) is 17.3 Å². The Bertz CT molecular complexity index is 664. The van der Waals surface area contributed by atoms with Crippen LogP contribution < -0.4 is 10.6 Å². The van der Waals surface area contributed by atoms with Gasteiger partial charge in [-0.3, -0.25) is 9.59 Å². The molecule has 0 atom stereocenters. The first-order valence-electron chi connectivity index (χ1n) is 6.10. The molecule has 2 aromatic carbocycles. The molecule has 0 radical (unpaired) electrons. The number of carbonyl (C=O) groups is 2. The average Bonchev–Trinajstić information content (AvgIpc) is 2.40. The molecule has 2 rings (SSSR count). The van der Waals surface area contributed by atoms with E-state index >= 15 is 0 Å². The SMILES string of the molecule is CC(=O)Nc1ccc(NC(=O)c2c(F)cccc2F)cc1. The molecule has 0 aliphatic rings. The van der Waals surface area contributed by atoms with Crippen molar-refractivity contribution < 1.29 is 18.4 Å². The van der Waals surface area contributed by atoms with Crippen molar-refractivity contribution in [1.82, 2.24) is 0 Å². The minimum Gasteiger partial charge on any atom is -0.326 e. The lowest BCUT2D eigenvalue weighted by Crippen LogP contribution is -2.15. The van der Waals surface area contributed by atoms with Crippen LogP contribution in [0, 0.1) is 11.6 Å². The molecule has 0 aromatic heterocycles. The van der Waals surface area contributed by atoms with Crippen LogP contribution >= 0.6 is 0 Å². The summed E-state index contributed by atoms with van der Waals surface area (Å²) in [5.74, 6) is -2.96. The van der Waals surface area contributed by atoms with Crippen molar-refractivity contribution in [3.05, 3.63) is 59.7 Å². The zero-order chi connectivity index (χ0) is 15.4. The second-order valence-electron chi connectivity index (χ2n) is 4.31. The summed E-state index contributed by atoms with van der Waals surface area (Å²) >= 11 is 0. The highest BCUT2D eigenvalue weighted by Gasteiger charge is 2.16. The molecular weight excluding hydrogens is 278 g/mol. The van der Waals surface area contributed by atoms with Gasteiger partial charge in [-0.2, -0.15) is 0 Å². The highest BCUT2D eigenvalue weighted by molar-refractivity contribution is 6.04. The molecule has 0 saturated carbocycles. The Kier molecular flexibility index (Phi) is 4.27. The molecule has 0 aliphatic heterocycles. The van der Waals surface area contributed by atoms with Crippen molar-refractivity contribution in [2.24, 2.45) is 0 Å². The van der Waals surface area contributed by atoms with Gasteiger partial charge < -0.3 is 10.6 Å². The molecule has 0 unspecified atom stereocenters. The van der Waals surface area contributed by atoms with E-state index in [4.69, 9.17) is 0 Å². The number of amides is 2. The maximum Gasteiger partial charge on any atom is 0.261 e. The van der Waals surface area contributed by atoms with Crippen LogP contribution in [0.25, 0.3) is 0 Å². The van der Waals surface area contributed by atoms with Crippen LogP contribution in [0.3, 0.4) is 0 Å². The Morgan fingerprint density at radius 1 is 0.857 bits per heavy atom. The standard InChI is InChI=1S/C15H12F2N2O2/c1-9(20)18-10-5-7-11(8-6-10)19-15(21)14-12(16)3-2-4-13(14)17/h2-8H,1H3,(H,18,20)(H,19,21). The number of hydrogen-bond donors (Lipinski definition) is 2. The average molecular weight is 290 g/mol. The fourth-order valence-electron chi connectivity index (χ4n) is 1.75. The second-order valence-corrected chi connectivity index (χ2v) is 4.31. The van der Waals surface area contributed by atoms with E-state index in [9.17, 15) is 18.4 Å². The smallest absolute Gasteiger partial charge is 0.261 e. The predicted octanol–water partition coefficient (Wildman–Crippen LogP) is 3.18. The Labute approximate surface area is 119 Å².